The van der Waals surface area contributed by atoms with Crippen molar-refractivity contribution in [2.24, 2.45) is 5.92 Å². The Balaban J connectivity index is 2.48. The fourth-order valence-corrected chi connectivity index (χ4v) is 1.62. The number of aliphatic carboxylic acids is 1. The SMILES string of the molecule is CCCC(COc1ccc(Br)cc1)C(=O)O. The maximum Gasteiger partial charge on any atom is 0.309 e. The number of halogens is 1. The molecule has 0 amide bonds. The third-order valence-corrected chi connectivity index (χ3v) is 2.78. The summed E-state index contributed by atoms with van der Waals surface area (Å²) in [7, 11) is 0. The summed E-state index contributed by atoms with van der Waals surface area (Å²) in [5, 5.41) is 8.94. The van der Waals surface area contributed by atoms with Gasteiger partial charge in [0.25, 0.3) is 0 Å². The Morgan fingerprint density at radius 1 is 1.44 bits per heavy atom. The summed E-state index contributed by atoms with van der Waals surface area (Å²) in [5.74, 6) is -0.516. The van der Waals surface area contributed by atoms with E-state index in [2.05, 4.69) is 15.9 Å². The molecule has 16 heavy (non-hydrogen) atoms. The summed E-state index contributed by atoms with van der Waals surface area (Å²) in [6, 6.07) is 7.36. The molecule has 88 valence electrons. The van der Waals surface area contributed by atoms with Gasteiger partial charge in [-0.1, -0.05) is 29.3 Å². The van der Waals surface area contributed by atoms with Crippen molar-refractivity contribution < 1.29 is 14.6 Å². The topological polar surface area (TPSA) is 46.5 Å². The molecule has 0 saturated heterocycles. The van der Waals surface area contributed by atoms with Crippen LogP contribution in [0.5, 0.6) is 5.75 Å². The molecule has 0 aliphatic carbocycles. The molecule has 0 aliphatic heterocycles. The van der Waals surface area contributed by atoms with Gasteiger partial charge in [0.15, 0.2) is 0 Å². The van der Waals surface area contributed by atoms with E-state index in [-0.39, 0.29) is 6.61 Å². The molecule has 0 aromatic heterocycles. The van der Waals surface area contributed by atoms with Crippen LogP contribution in [0.3, 0.4) is 0 Å². The molecule has 0 heterocycles. The van der Waals surface area contributed by atoms with Gasteiger partial charge in [-0.05, 0) is 30.7 Å². The number of benzene rings is 1. The molecule has 3 nitrogen and oxygen atoms in total. The number of hydrogen-bond donors (Lipinski definition) is 1. The lowest BCUT2D eigenvalue weighted by molar-refractivity contribution is -0.143. The number of carbonyl (C=O) groups is 1. The van der Waals surface area contributed by atoms with E-state index in [1.807, 2.05) is 31.2 Å². The Morgan fingerprint density at radius 3 is 2.56 bits per heavy atom. The zero-order chi connectivity index (χ0) is 12.0. The van der Waals surface area contributed by atoms with Crippen LogP contribution in [0.25, 0.3) is 0 Å². The first-order valence-corrected chi connectivity index (χ1v) is 6.04. The van der Waals surface area contributed by atoms with Gasteiger partial charge in [0.2, 0.25) is 0 Å². The van der Waals surface area contributed by atoms with Gasteiger partial charge in [-0.2, -0.15) is 0 Å². The van der Waals surface area contributed by atoms with Gasteiger partial charge in [0.1, 0.15) is 12.4 Å². The largest absolute Gasteiger partial charge is 0.493 e. The number of ether oxygens (including phenoxy) is 1. The molecule has 4 heteroatoms. The van der Waals surface area contributed by atoms with Crippen molar-refractivity contribution in [1.82, 2.24) is 0 Å². The van der Waals surface area contributed by atoms with Crippen LogP contribution in [0.2, 0.25) is 0 Å². The van der Waals surface area contributed by atoms with Crippen molar-refractivity contribution in [3.05, 3.63) is 28.7 Å². The predicted molar refractivity (Wildman–Crippen MR) is 65.7 cm³/mol. The summed E-state index contributed by atoms with van der Waals surface area (Å²) >= 11 is 3.32. The molecule has 1 unspecified atom stereocenters. The smallest absolute Gasteiger partial charge is 0.309 e. The minimum absolute atomic E-state index is 0.227. The van der Waals surface area contributed by atoms with Crippen molar-refractivity contribution in [1.29, 1.82) is 0 Å². The van der Waals surface area contributed by atoms with Gasteiger partial charge in [0.05, 0.1) is 5.92 Å². The number of carboxylic acids is 1. The Morgan fingerprint density at radius 2 is 2.06 bits per heavy atom. The van der Waals surface area contributed by atoms with Crippen LogP contribution in [-0.4, -0.2) is 17.7 Å². The third-order valence-electron chi connectivity index (χ3n) is 2.25. The second-order valence-electron chi connectivity index (χ2n) is 3.59. The minimum atomic E-state index is -0.793. The highest BCUT2D eigenvalue weighted by Crippen LogP contribution is 2.17. The standard InChI is InChI=1S/C12H15BrO3/c1-2-3-9(12(14)15)8-16-11-6-4-10(13)5-7-11/h4-7,9H,2-3,8H2,1H3,(H,14,15). The van der Waals surface area contributed by atoms with E-state index in [0.29, 0.717) is 12.2 Å². The lowest BCUT2D eigenvalue weighted by Crippen LogP contribution is -2.21. The van der Waals surface area contributed by atoms with Crippen molar-refractivity contribution in [3.8, 4) is 5.75 Å². The summed E-state index contributed by atoms with van der Waals surface area (Å²) < 4.78 is 6.41. The number of hydrogen-bond acceptors (Lipinski definition) is 2. The molecule has 1 N–H and O–H groups in total. The van der Waals surface area contributed by atoms with E-state index in [1.165, 1.54) is 0 Å². The van der Waals surface area contributed by atoms with Crippen LogP contribution in [0, 0.1) is 5.92 Å². The van der Waals surface area contributed by atoms with Crippen molar-refractivity contribution in [3.63, 3.8) is 0 Å². The van der Waals surface area contributed by atoms with Crippen LogP contribution < -0.4 is 4.74 Å². The zero-order valence-corrected chi connectivity index (χ0v) is 10.7. The first-order chi connectivity index (χ1) is 7.63. The van der Waals surface area contributed by atoms with E-state index < -0.39 is 11.9 Å². The fraction of sp³-hybridized carbons (Fsp3) is 0.417. The van der Waals surface area contributed by atoms with Crippen LogP contribution in [0.1, 0.15) is 19.8 Å². The highest BCUT2D eigenvalue weighted by molar-refractivity contribution is 9.10. The van der Waals surface area contributed by atoms with E-state index in [4.69, 9.17) is 9.84 Å². The Bertz CT molecular complexity index is 335. The third kappa shape index (κ3) is 4.23. The van der Waals surface area contributed by atoms with Crippen LogP contribution in [-0.2, 0) is 4.79 Å². The summed E-state index contributed by atoms with van der Waals surface area (Å²) in [6.45, 7) is 2.19. The van der Waals surface area contributed by atoms with Crippen molar-refractivity contribution in [2.75, 3.05) is 6.61 Å². The van der Waals surface area contributed by atoms with Gasteiger partial charge in [-0.25, -0.2) is 0 Å². The van der Waals surface area contributed by atoms with Gasteiger partial charge >= 0.3 is 5.97 Å². The maximum absolute atomic E-state index is 10.9. The molecule has 0 saturated carbocycles. The summed E-state index contributed by atoms with van der Waals surface area (Å²) in [4.78, 5) is 10.9. The zero-order valence-electron chi connectivity index (χ0n) is 9.15. The lowest BCUT2D eigenvalue weighted by Gasteiger charge is -2.12. The molecule has 0 spiro atoms. The Kier molecular flexibility index (Phi) is 5.32. The summed E-state index contributed by atoms with van der Waals surface area (Å²) in [6.07, 6.45) is 1.49. The van der Waals surface area contributed by atoms with E-state index >= 15 is 0 Å². The number of rotatable bonds is 6. The monoisotopic (exact) mass is 286 g/mol. The highest BCUT2D eigenvalue weighted by Gasteiger charge is 2.16. The fourth-order valence-electron chi connectivity index (χ4n) is 1.35. The maximum atomic E-state index is 10.9. The van der Waals surface area contributed by atoms with Gasteiger partial charge in [-0.15, -0.1) is 0 Å². The van der Waals surface area contributed by atoms with Gasteiger partial charge < -0.3 is 9.84 Å². The first kappa shape index (κ1) is 13.0. The molecule has 1 aromatic rings. The van der Waals surface area contributed by atoms with E-state index in [1.54, 1.807) is 0 Å². The second kappa shape index (κ2) is 6.53. The van der Waals surface area contributed by atoms with Crippen LogP contribution >= 0.6 is 15.9 Å². The highest BCUT2D eigenvalue weighted by atomic mass is 79.9. The Labute approximate surface area is 104 Å². The quantitative estimate of drug-likeness (QED) is 0.873. The van der Waals surface area contributed by atoms with Gasteiger partial charge in [0, 0.05) is 4.47 Å². The molecule has 0 bridgehead atoms. The molecule has 0 aliphatic rings. The Hall–Kier alpha value is -1.03. The molecular formula is C12H15BrO3. The van der Waals surface area contributed by atoms with Crippen LogP contribution in [0.15, 0.2) is 28.7 Å². The molecule has 1 aromatic carbocycles. The molecule has 1 rings (SSSR count). The lowest BCUT2D eigenvalue weighted by atomic mass is 10.1. The average molecular weight is 287 g/mol. The van der Waals surface area contributed by atoms with E-state index in [0.717, 1.165) is 10.9 Å². The van der Waals surface area contributed by atoms with Crippen LogP contribution in [0.4, 0.5) is 0 Å². The average Bonchev–Trinajstić information content (AvgIpc) is 2.26. The summed E-state index contributed by atoms with van der Waals surface area (Å²) in [5.41, 5.74) is 0. The van der Waals surface area contributed by atoms with Gasteiger partial charge in [-0.3, -0.25) is 4.79 Å². The molecule has 0 radical (unpaired) electrons. The first-order valence-electron chi connectivity index (χ1n) is 5.24. The van der Waals surface area contributed by atoms with Crippen molar-refractivity contribution >= 4 is 21.9 Å². The number of carboxylic acid groups (broad SMARTS) is 1. The second-order valence-corrected chi connectivity index (χ2v) is 4.50. The molecule has 0 fully saturated rings. The van der Waals surface area contributed by atoms with Crippen molar-refractivity contribution in [2.45, 2.75) is 19.8 Å². The predicted octanol–water partition coefficient (Wildman–Crippen LogP) is 3.33. The normalized spacial score (nSPS) is 12.1. The van der Waals surface area contributed by atoms with E-state index in [9.17, 15) is 4.79 Å². The molecule has 1 atom stereocenters. The minimum Gasteiger partial charge on any atom is -0.493 e. The molecular weight excluding hydrogens is 272 g/mol.